The van der Waals surface area contributed by atoms with E-state index >= 15 is 0 Å². The van der Waals surface area contributed by atoms with Crippen molar-refractivity contribution >= 4 is 54.8 Å². The molecule has 3 aromatic rings. The molecule has 1 atom stereocenters. The summed E-state index contributed by atoms with van der Waals surface area (Å²) < 4.78 is 38.5. The number of aryl methyl sites for hydroxylation is 1. The smallest absolute Gasteiger partial charge is 0.256 e. The van der Waals surface area contributed by atoms with Crippen LogP contribution in [0.2, 0.25) is 0 Å². The van der Waals surface area contributed by atoms with Crippen molar-refractivity contribution in [3.8, 4) is 11.5 Å². The third-order valence-electron chi connectivity index (χ3n) is 6.76. The summed E-state index contributed by atoms with van der Waals surface area (Å²) in [6.07, 6.45) is 10.4. The maximum Gasteiger partial charge on any atom is 0.256 e. The van der Waals surface area contributed by atoms with Crippen molar-refractivity contribution < 1.29 is 23.0 Å². The van der Waals surface area contributed by atoms with Crippen LogP contribution in [0.3, 0.4) is 0 Å². The molecule has 0 saturated carbocycles. The highest BCUT2D eigenvalue weighted by Crippen LogP contribution is 2.37. The van der Waals surface area contributed by atoms with Gasteiger partial charge in [0.25, 0.3) is 5.91 Å². The van der Waals surface area contributed by atoms with Gasteiger partial charge in [0.15, 0.2) is 32.3 Å². The fraction of sp³-hybridized carbons (Fsp3) is 0.346. The van der Waals surface area contributed by atoms with Crippen LogP contribution in [0.1, 0.15) is 31.2 Å². The van der Waals surface area contributed by atoms with Gasteiger partial charge in [-0.15, -0.1) is 10.2 Å². The van der Waals surface area contributed by atoms with Crippen molar-refractivity contribution in [2.75, 3.05) is 25.6 Å². The molecular formula is C26H27N5O5S2. The molecule has 10 nitrogen and oxygen atoms in total. The highest BCUT2D eigenvalue weighted by Gasteiger charge is 2.22. The normalized spacial score (nSPS) is 19.2. The topological polar surface area (TPSA) is 119 Å². The van der Waals surface area contributed by atoms with E-state index in [1.807, 2.05) is 29.5 Å². The fourth-order valence-corrected chi connectivity index (χ4v) is 7.10. The molecule has 4 heterocycles. The highest BCUT2D eigenvalue weighted by molar-refractivity contribution is 7.99. The number of aliphatic imine (C=N–C) groups is 1. The summed E-state index contributed by atoms with van der Waals surface area (Å²) >= 11 is 1.25. The monoisotopic (exact) mass is 553 g/mol. The molecular weight excluding hydrogens is 526 g/mol. The van der Waals surface area contributed by atoms with Crippen molar-refractivity contribution in [2.45, 2.75) is 37.8 Å². The summed E-state index contributed by atoms with van der Waals surface area (Å²) in [5, 5.41) is 10.2. The second-order valence-corrected chi connectivity index (χ2v) is 12.3. The molecule has 1 aromatic carbocycles. The Hall–Kier alpha value is -3.19. The number of carbonyl (C=O) groups is 1. The number of thioether (sulfide) groups is 1. The lowest BCUT2D eigenvalue weighted by Crippen LogP contribution is -2.35. The minimum absolute atomic E-state index is 0.0626. The number of fused-ring (bicyclic) bond motifs is 4. The number of benzene rings is 1. The summed E-state index contributed by atoms with van der Waals surface area (Å²) in [6, 6.07) is 5.85. The van der Waals surface area contributed by atoms with Crippen molar-refractivity contribution in [1.82, 2.24) is 18.9 Å². The number of aromatic nitrogens is 3. The Kier molecular flexibility index (Phi) is 6.72. The molecule has 1 saturated heterocycles. The van der Waals surface area contributed by atoms with Crippen LogP contribution in [-0.2, 0) is 14.8 Å². The Morgan fingerprint density at radius 3 is 2.50 bits per heavy atom. The third-order valence-corrected chi connectivity index (χ3v) is 9.62. The van der Waals surface area contributed by atoms with E-state index in [4.69, 9.17) is 9.47 Å². The molecule has 198 valence electrons. The van der Waals surface area contributed by atoms with E-state index in [2.05, 4.69) is 15.2 Å². The van der Waals surface area contributed by atoms with Crippen molar-refractivity contribution in [2.24, 2.45) is 4.99 Å². The van der Waals surface area contributed by atoms with Crippen LogP contribution in [-0.4, -0.2) is 69.8 Å². The molecule has 3 aliphatic rings. The number of allylic oxidation sites excluding steroid dienone is 4. The number of carbonyl (C=O) groups excluding carboxylic acids is 1. The van der Waals surface area contributed by atoms with E-state index in [0.717, 1.165) is 42.1 Å². The predicted molar refractivity (Wildman–Crippen MR) is 149 cm³/mol. The van der Waals surface area contributed by atoms with E-state index in [9.17, 15) is 13.6 Å². The molecule has 0 radical (unpaired) electrons. The molecule has 6 rings (SSSR count). The number of hydrogen-bond donors (Lipinski definition) is 1. The van der Waals surface area contributed by atoms with Crippen molar-refractivity contribution in [1.29, 1.82) is 0 Å². The minimum Gasteiger partial charge on any atom is -0.454 e. The van der Waals surface area contributed by atoms with Gasteiger partial charge in [0.1, 0.15) is 0 Å². The summed E-state index contributed by atoms with van der Waals surface area (Å²) in [4.78, 5) is 17.2. The van der Waals surface area contributed by atoms with Crippen molar-refractivity contribution in [3.63, 3.8) is 0 Å². The number of amides is 1. The second kappa shape index (κ2) is 10.2. The molecule has 0 bridgehead atoms. The molecule has 1 amide bonds. The maximum absolute atomic E-state index is 13.1. The lowest BCUT2D eigenvalue weighted by atomic mass is 10.1. The zero-order valence-electron chi connectivity index (χ0n) is 20.8. The highest BCUT2D eigenvalue weighted by atomic mass is 32.2. The molecule has 1 fully saturated rings. The van der Waals surface area contributed by atoms with Crippen LogP contribution < -0.4 is 9.47 Å². The van der Waals surface area contributed by atoms with Gasteiger partial charge in [0.2, 0.25) is 6.79 Å². The Morgan fingerprint density at radius 2 is 1.76 bits per heavy atom. The average molecular weight is 554 g/mol. The second-order valence-electron chi connectivity index (χ2n) is 9.36. The zero-order chi connectivity index (χ0) is 26.3. The van der Waals surface area contributed by atoms with Gasteiger partial charge < -0.3 is 14.0 Å². The van der Waals surface area contributed by atoms with E-state index < -0.39 is 9.99 Å². The maximum atomic E-state index is 13.1. The number of rotatable bonds is 4. The van der Waals surface area contributed by atoms with E-state index in [0.29, 0.717) is 46.0 Å². The number of pyridine rings is 1. The summed E-state index contributed by atoms with van der Waals surface area (Å²) in [5.41, 5.74) is 2.95. The first-order valence-electron chi connectivity index (χ1n) is 12.5. The number of ether oxygens (including phenoxy) is 2. The first-order valence-corrected chi connectivity index (χ1v) is 14.9. The molecule has 2 aliphatic heterocycles. The van der Waals surface area contributed by atoms with Crippen LogP contribution in [0.5, 0.6) is 11.5 Å². The Morgan fingerprint density at radius 1 is 1.05 bits per heavy atom. The van der Waals surface area contributed by atoms with Gasteiger partial charge in [-0.25, -0.2) is 13.5 Å². The Balaban J connectivity index is 1.20. The standard InChI is InChI=1S/C26H27N5O5S2/c1-17-12-18-13-22-23(36-16-35-22)14-21(18)31-25(17)28-29-26(31)37-15-24(32)27-19-6-8-20(9-7-19)38(33,34)30-10-4-2-3-5-11-30/h6-9,12-14H,2-5,10-11,15-16H2,1H3,(H,33,34). The van der Waals surface area contributed by atoms with Crippen LogP contribution in [0.15, 0.2) is 52.7 Å². The molecule has 1 unspecified atom stereocenters. The summed E-state index contributed by atoms with van der Waals surface area (Å²) in [5.74, 6) is 1.07. The van der Waals surface area contributed by atoms with Crippen LogP contribution >= 0.6 is 11.8 Å². The van der Waals surface area contributed by atoms with Gasteiger partial charge in [-0.2, -0.15) is 0 Å². The Bertz CT molecular complexity index is 1640. The lowest BCUT2D eigenvalue weighted by Gasteiger charge is -2.23. The Labute approximate surface area is 224 Å². The molecule has 12 heteroatoms. The zero-order valence-corrected chi connectivity index (χ0v) is 22.5. The van der Waals surface area contributed by atoms with Crippen LogP contribution in [0.25, 0.3) is 16.6 Å². The first kappa shape index (κ1) is 25.1. The average Bonchev–Trinajstić information content (AvgIpc) is 3.45. The molecule has 2 aromatic heterocycles. The van der Waals surface area contributed by atoms with E-state index in [1.54, 1.807) is 28.6 Å². The molecule has 1 aliphatic carbocycles. The van der Waals surface area contributed by atoms with E-state index in [1.165, 1.54) is 11.8 Å². The van der Waals surface area contributed by atoms with Gasteiger partial charge in [0.05, 0.1) is 21.8 Å². The van der Waals surface area contributed by atoms with Gasteiger partial charge in [0, 0.05) is 24.5 Å². The largest absolute Gasteiger partial charge is 0.454 e. The first-order chi connectivity index (χ1) is 18.4. The summed E-state index contributed by atoms with van der Waals surface area (Å²) in [6.45, 7) is 3.35. The minimum atomic E-state index is -3.30. The van der Waals surface area contributed by atoms with Crippen LogP contribution in [0.4, 0.5) is 0 Å². The lowest BCUT2D eigenvalue weighted by molar-refractivity contribution is -0.115. The third kappa shape index (κ3) is 4.73. The van der Waals surface area contributed by atoms with Gasteiger partial charge >= 0.3 is 0 Å². The van der Waals surface area contributed by atoms with Gasteiger partial charge in [-0.1, -0.05) is 24.6 Å². The van der Waals surface area contributed by atoms with Crippen LogP contribution in [0, 0.1) is 6.92 Å². The molecule has 38 heavy (non-hydrogen) atoms. The fourth-order valence-electron chi connectivity index (χ4n) is 4.83. The molecule has 0 spiro atoms. The number of nitrogens with zero attached hydrogens (tertiary/aromatic N) is 5. The van der Waals surface area contributed by atoms with E-state index in [-0.39, 0.29) is 18.5 Å². The quantitative estimate of drug-likeness (QED) is 0.383. The summed E-state index contributed by atoms with van der Waals surface area (Å²) in [7, 11) is -3.30. The number of hydrogen-bond acceptors (Lipinski definition) is 7. The van der Waals surface area contributed by atoms with Crippen molar-refractivity contribution in [3.05, 3.63) is 48.1 Å². The predicted octanol–water partition coefficient (Wildman–Crippen LogP) is 3.83. The van der Waals surface area contributed by atoms with Gasteiger partial charge in [-0.05, 0) is 61.8 Å². The van der Waals surface area contributed by atoms with Gasteiger partial charge in [-0.3, -0.25) is 9.20 Å². The SMILES string of the molecule is Cc1cc2cc3c(cc2n2c(SCC(=O)N=C4C=CC(=S(=O)(O)N5CCCCCC5)C=C4)nnc12)OCO3. The molecule has 1 N–H and O–H groups in total.